The van der Waals surface area contributed by atoms with Gasteiger partial charge in [0.15, 0.2) is 0 Å². The van der Waals surface area contributed by atoms with E-state index >= 15 is 0 Å². The minimum absolute atomic E-state index is 0.124. The number of benzene rings is 14. The lowest BCUT2D eigenvalue weighted by Crippen LogP contribution is -2.61. The zero-order chi connectivity index (χ0) is 64.1. The van der Waals surface area contributed by atoms with Crippen molar-refractivity contribution in [2.75, 3.05) is 9.80 Å². The molecule has 0 fully saturated rings. The largest absolute Gasteiger partial charge is 0.416 e. The van der Waals surface area contributed by atoms with Gasteiger partial charge in [0.05, 0.1) is 22.3 Å². The molecule has 2 aliphatic heterocycles. The lowest BCUT2D eigenvalue weighted by molar-refractivity contribution is -0.137. The SMILES string of the molecule is Cc1cc(C)cc(-c2cc(-c3cc(C)cc(C(F)(F)F)c3)ccc2-n2c3ccccc3c3cc(-c4cc5c6c(c4)N(c4cc(-c7ccccc7)cc(-c7ccccc7)c4)c4ccccc4B6c4ccccc4N5c4cc(-c5ccccc5)cc(-c5ccccc5)c4)ccc32)c1. The van der Waals surface area contributed by atoms with E-state index in [0.717, 1.165) is 140 Å². The van der Waals surface area contributed by atoms with E-state index in [1.165, 1.54) is 28.5 Å². The van der Waals surface area contributed by atoms with E-state index in [0.29, 0.717) is 16.7 Å². The van der Waals surface area contributed by atoms with Gasteiger partial charge in [0.25, 0.3) is 6.71 Å². The molecule has 95 heavy (non-hydrogen) atoms. The fraction of sp³-hybridized carbons (Fsp3) is 0.0455. The number of halogens is 3. The Morgan fingerprint density at radius 1 is 0.274 bits per heavy atom. The van der Waals surface area contributed by atoms with Crippen LogP contribution in [-0.2, 0) is 6.18 Å². The van der Waals surface area contributed by atoms with E-state index in [1.54, 1.807) is 6.92 Å². The summed E-state index contributed by atoms with van der Waals surface area (Å²) in [5.74, 6) is 0. The van der Waals surface area contributed by atoms with Crippen molar-refractivity contribution in [2.45, 2.75) is 26.9 Å². The third-order valence-electron chi connectivity index (χ3n) is 19.2. The number of rotatable bonds is 10. The maximum atomic E-state index is 14.5. The number of anilines is 6. The summed E-state index contributed by atoms with van der Waals surface area (Å²) in [5.41, 5.74) is 29.4. The molecule has 7 heteroatoms. The standard InChI is InChI=1S/C88H61BF3N3/c1-56-40-57(2)43-71(42-56)76-52-63(65-41-58(3)44-72(47-65)88(90,91)92)36-38-81(76)95-80-33-19-16-30-75(80)77-53-64(37-39-82(77)95)70-54-85-87-86(55-70)94(74-50-68(61-26-12-6-13-27-61)46-69(51-74)62-28-14-7-15-29-62)84-35-21-18-32-79(84)89(87)78-31-17-20-34-83(78)93(85)73-48-66(59-22-8-4-9-23-59)45-67(49-73)60-24-10-5-11-25-60/h4-55H,1-3H3. The van der Waals surface area contributed by atoms with Crippen LogP contribution in [0.3, 0.4) is 0 Å². The average Bonchev–Trinajstić information content (AvgIpc) is 1.01. The summed E-state index contributed by atoms with van der Waals surface area (Å²) < 4.78 is 45.7. The van der Waals surface area contributed by atoms with Crippen molar-refractivity contribution in [2.24, 2.45) is 0 Å². The van der Waals surface area contributed by atoms with Crippen LogP contribution in [0.2, 0.25) is 0 Å². The Balaban J connectivity index is 0.933. The van der Waals surface area contributed by atoms with Gasteiger partial charge in [-0.05, 0) is 218 Å². The van der Waals surface area contributed by atoms with Crippen LogP contribution in [-0.4, -0.2) is 11.3 Å². The second-order valence-electron chi connectivity index (χ2n) is 25.4. The molecule has 3 nitrogen and oxygen atoms in total. The highest BCUT2D eigenvalue weighted by molar-refractivity contribution is 7.00. The van der Waals surface area contributed by atoms with Crippen molar-refractivity contribution >= 4 is 79.0 Å². The number of aromatic nitrogens is 1. The Kier molecular flexibility index (Phi) is 13.8. The minimum atomic E-state index is -4.49. The Hall–Kier alpha value is -11.7. The minimum Gasteiger partial charge on any atom is -0.311 e. The normalized spacial score (nSPS) is 12.5. The smallest absolute Gasteiger partial charge is 0.311 e. The molecule has 0 amide bonds. The first kappa shape index (κ1) is 57.3. The second kappa shape index (κ2) is 22.9. The molecule has 0 bridgehead atoms. The maximum absolute atomic E-state index is 14.5. The van der Waals surface area contributed by atoms with E-state index in [9.17, 15) is 13.2 Å². The molecule has 17 rings (SSSR count). The first-order chi connectivity index (χ1) is 46.4. The highest BCUT2D eigenvalue weighted by Gasteiger charge is 2.44. The lowest BCUT2D eigenvalue weighted by Gasteiger charge is -2.44. The summed E-state index contributed by atoms with van der Waals surface area (Å²) >= 11 is 0. The third-order valence-corrected chi connectivity index (χ3v) is 19.2. The molecule has 0 spiro atoms. The number of hydrogen-bond donors (Lipinski definition) is 0. The number of aryl methyl sites for hydroxylation is 3. The Morgan fingerprint density at radius 2 is 0.684 bits per heavy atom. The van der Waals surface area contributed by atoms with Gasteiger partial charge in [-0.2, -0.15) is 13.2 Å². The highest BCUT2D eigenvalue weighted by Crippen LogP contribution is 2.50. The zero-order valence-electron chi connectivity index (χ0n) is 52.6. The third kappa shape index (κ3) is 10.1. The van der Waals surface area contributed by atoms with Crippen molar-refractivity contribution in [1.29, 1.82) is 0 Å². The lowest BCUT2D eigenvalue weighted by atomic mass is 9.33. The van der Waals surface area contributed by atoms with Crippen molar-refractivity contribution < 1.29 is 13.2 Å². The zero-order valence-corrected chi connectivity index (χ0v) is 52.6. The quantitative estimate of drug-likeness (QED) is 0.126. The van der Waals surface area contributed by atoms with Crippen LogP contribution in [0.4, 0.5) is 47.3 Å². The van der Waals surface area contributed by atoms with E-state index in [4.69, 9.17) is 0 Å². The molecule has 0 atom stereocenters. The number of hydrogen-bond acceptors (Lipinski definition) is 2. The number of fused-ring (bicyclic) bond motifs is 7. The van der Waals surface area contributed by atoms with E-state index in [2.05, 4.69) is 319 Å². The number of nitrogens with zero attached hydrogens (tertiary/aromatic N) is 3. The molecule has 0 radical (unpaired) electrons. The average molecular weight is 1230 g/mol. The van der Waals surface area contributed by atoms with Crippen LogP contribution in [0.15, 0.2) is 315 Å². The summed E-state index contributed by atoms with van der Waals surface area (Å²) in [6.07, 6.45) is -4.49. The maximum Gasteiger partial charge on any atom is 0.416 e. The van der Waals surface area contributed by atoms with Crippen molar-refractivity contribution in [3.63, 3.8) is 0 Å². The Labute approximate surface area is 551 Å². The van der Waals surface area contributed by atoms with E-state index in [-0.39, 0.29) is 6.71 Å². The molecule has 0 saturated heterocycles. The molecule has 15 aromatic rings. The van der Waals surface area contributed by atoms with Crippen molar-refractivity contribution in [3.05, 3.63) is 338 Å². The van der Waals surface area contributed by atoms with Gasteiger partial charge >= 0.3 is 6.18 Å². The van der Waals surface area contributed by atoms with Crippen LogP contribution in [0, 0.1) is 20.8 Å². The fourth-order valence-electron chi connectivity index (χ4n) is 15.1. The number of para-hydroxylation sites is 3. The van der Waals surface area contributed by atoms with Gasteiger partial charge < -0.3 is 14.4 Å². The van der Waals surface area contributed by atoms with E-state index in [1.807, 2.05) is 12.1 Å². The molecule has 2 aliphatic rings. The molecule has 1 aromatic heterocycles. The molecule has 0 unspecified atom stereocenters. The Bertz CT molecular complexity index is 5190. The van der Waals surface area contributed by atoms with Gasteiger partial charge in [-0.25, -0.2) is 0 Å². The van der Waals surface area contributed by atoms with Gasteiger partial charge in [-0.3, -0.25) is 0 Å². The van der Waals surface area contributed by atoms with Crippen LogP contribution in [0.1, 0.15) is 22.3 Å². The van der Waals surface area contributed by atoms with Crippen LogP contribution in [0.5, 0.6) is 0 Å². The first-order valence-corrected chi connectivity index (χ1v) is 32.4. The Morgan fingerprint density at radius 3 is 1.20 bits per heavy atom. The highest BCUT2D eigenvalue weighted by atomic mass is 19.4. The molecular weight excluding hydrogens is 1170 g/mol. The summed E-state index contributed by atoms with van der Waals surface area (Å²) in [6.45, 7) is 5.79. The molecule has 0 aliphatic carbocycles. The molecule has 0 N–H and O–H groups in total. The van der Waals surface area contributed by atoms with Crippen molar-refractivity contribution in [3.8, 4) is 83.6 Å². The molecule has 14 aromatic carbocycles. The molecular formula is C88H61BF3N3. The summed E-state index contributed by atoms with van der Waals surface area (Å²) in [7, 11) is 0. The summed E-state index contributed by atoms with van der Waals surface area (Å²) in [6, 6.07) is 112. The second-order valence-corrected chi connectivity index (χ2v) is 25.4. The van der Waals surface area contributed by atoms with Gasteiger partial charge in [0, 0.05) is 50.5 Å². The van der Waals surface area contributed by atoms with Gasteiger partial charge in [0.1, 0.15) is 0 Å². The predicted octanol–water partition coefficient (Wildman–Crippen LogP) is 22.5. The van der Waals surface area contributed by atoms with Crippen molar-refractivity contribution in [1.82, 2.24) is 4.57 Å². The fourth-order valence-corrected chi connectivity index (χ4v) is 15.1. The van der Waals surface area contributed by atoms with Crippen LogP contribution in [0.25, 0.3) is 105 Å². The monoisotopic (exact) mass is 1230 g/mol. The summed E-state index contributed by atoms with van der Waals surface area (Å²) in [5, 5.41) is 2.15. The first-order valence-electron chi connectivity index (χ1n) is 32.4. The topological polar surface area (TPSA) is 11.4 Å². The van der Waals surface area contributed by atoms with Crippen LogP contribution >= 0.6 is 0 Å². The van der Waals surface area contributed by atoms with Crippen LogP contribution < -0.4 is 26.2 Å². The summed E-state index contributed by atoms with van der Waals surface area (Å²) in [4.78, 5) is 5.05. The molecule has 0 saturated carbocycles. The number of alkyl halides is 3. The molecule has 3 heterocycles. The van der Waals surface area contributed by atoms with Gasteiger partial charge in [-0.1, -0.05) is 223 Å². The van der Waals surface area contributed by atoms with E-state index < -0.39 is 11.7 Å². The van der Waals surface area contributed by atoms with Gasteiger partial charge in [0.2, 0.25) is 0 Å². The predicted molar refractivity (Wildman–Crippen MR) is 392 cm³/mol. The van der Waals surface area contributed by atoms with Gasteiger partial charge in [-0.15, -0.1) is 0 Å². The molecule has 452 valence electrons.